The molecule has 1 aromatic heterocycles. The van der Waals surface area contributed by atoms with E-state index in [-0.39, 0.29) is 0 Å². The monoisotopic (exact) mass is 239 g/mol. The summed E-state index contributed by atoms with van der Waals surface area (Å²) in [7, 11) is 0. The lowest BCUT2D eigenvalue weighted by molar-refractivity contribution is 0.686. The lowest BCUT2D eigenvalue weighted by atomic mass is 10.2. The highest BCUT2D eigenvalue weighted by molar-refractivity contribution is 6.32. The van der Waals surface area contributed by atoms with Crippen LogP contribution in [-0.4, -0.2) is 17.6 Å². The first-order valence-electron chi connectivity index (χ1n) is 5.91. The Kier molecular flexibility index (Phi) is 4.02. The van der Waals surface area contributed by atoms with E-state index < -0.39 is 0 Å². The van der Waals surface area contributed by atoms with E-state index in [9.17, 15) is 0 Å². The fourth-order valence-electron chi connectivity index (χ4n) is 1.50. The minimum absolute atomic E-state index is 0.712. The van der Waals surface area contributed by atoms with Crippen LogP contribution in [0.5, 0.6) is 0 Å². The summed E-state index contributed by atoms with van der Waals surface area (Å²) in [6, 6.07) is 2.71. The van der Waals surface area contributed by atoms with Gasteiger partial charge in [-0.3, -0.25) is 0 Å². The molecule has 0 atom stereocenters. The molecule has 88 valence electrons. The van der Waals surface area contributed by atoms with Crippen molar-refractivity contribution in [3.05, 3.63) is 22.8 Å². The minimum Gasteiger partial charge on any atom is -0.369 e. The smallest absolute Gasteiger partial charge is 0.144 e. The predicted octanol–water partition coefficient (Wildman–Crippen LogP) is 2.81. The van der Waals surface area contributed by atoms with Gasteiger partial charge in [-0.25, -0.2) is 4.98 Å². The zero-order valence-corrected chi connectivity index (χ0v) is 10.3. The van der Waals surface area contributed by atoms with Gasteiger partial charge in [0.25, 0.3) is 0 Å². The van der Waals surface area contributed by atoms with Crippen molar-refractivity contribution in [1.29, 1.82) is 0 Å². The van der Waals surface area contributed by atoms with Gasteiger partial charge in [0.15, 0.2) is 0 Å². The molecular weight excluding hydrogens is 222 g/mol. The molecule has 0 amide bonds. The third kappa shape index (κ3) is 3.35. The molecular formula is C12H18ClN3. The van der Waals surface area contributed by atoms with Gasteiger partial charge in [0.1, 0.15) is 5.82 Å². The van der Waals surface area contributed by atoms with Crippen LogP contribution in [0, 0.1) is 0 Å². The molecule has 4 heteroatoms. The Morgan fingerprint density at radius 2 is 2.31 bits per heavy atom. The number of hydrogen-bond donors (Lipinski definition) is 2. The van der Waals surface area contributed by atoms with E-state index in [1.165, 1.54) is 12.8 Å². The van der Waals surface area contributed by atoms with E-state index >= 15 is 0 Å². The van der Waals surface area contributed by atoms with Gasteiger partial charge >= 0.3 is 0 Å². The average molecular weight is 240 g/mol. The van der Waals surface area contributed by atoms with Crippen LogP contribution in [0.3, 0.4) is 0 Å². The summed E-state index contributed by atoms with van der Waals surface area (Å²) >= 11 is 6.14. The summed E-state index contributed by atoms with van der Waals surface area (Å²) in [4.78, 5) is 4.33. The molecule has 2 rings (SSSR count). The Labute approximate surface area is 102 Å². The molecule has 0 bridgehead atoms. The van der Waals surface area contributed by atoms with Gasteiger partial charge in [-0.05, 0) is 30.9 Å². The molecule has 1 saturated carbocycles. The maximum Gasteiger partial charge on any atom is 0.144 e. The maximum absolute atomic E-state index is 6.14. The number of anilines is 1. The molecule has 1 heterocycles. The van der Waals surface area contributed by atoms with Crippen molar-refractivity contribution < 1.29 is 0 Å². The van der Waals surface area contributed by atoms with E-state index in [2.05, 4.69) is 22.5 Å². The summed E-state index contributed by atoms with van der Waals surface area (Å²) < 4.78 is 0. The number of nitrogens with zero attached hydrogens (tertiary/aromatic N) is 1. The Bertz CT molecular complexity index is 350. The van der Waals surface area contributed by atoms with Crippen molar-refractivity contribution >= 4 is 17.4 Å². The Hall–Kier alpha value is -0.800. The van der Waals surface area contributed by atoms with Crippen molar-refractivity contribution in [1.82, 2.24) is 10.3 Å². The van der Waals surface area contributed by atoms with Gasteiger partial charge in [-0.2, -0.15) is 0 Å². The zero-order chi connectivity index (χ0) is 11.4. The second-order valence-corrected chi connectivity index (χ2v) is 4.66. The zero-order valence-electron chi connectivity index (χ0n) is 9.59. The number of hydrogen-bond acceptors (Lipinski definition) is 3. The van der Waals surface area contributed by atoms with Crippen LogP contribution in [0.2, 0.25) is 5.02 Å². The van der Waals surface area contributed by atoms with Gasteiger partial charge in [0.05, 0.1) is 5.02 Å². The first-order chi connectivity index (χ1) is 7.79. The van der Waals surface area contributed by atoms with E-state index in [0.29, 0.717) is 5.02 Å². The van der Waals surface area contributed by atoms with E-state index in [0.717, 1.165) is 36.9 Å². The largest absolute Gasteiger partial charge is 0.369 e. The third-order valence-electron chi connectivity index (χ3n) is 2.61. The summed E-state index contributed by atoms with van der Waals surface area (Å²) in [6.45, 7) is 3.90. The molecule has 16 heavy (non-hydrogen) atoms. The van der Waals surface area contributed by atoms with Crippen LogP contribution < -0.4 is 10.6 Å². The molecule has 3 nitrogen and oxygen atoms in total. The number of rotatable bonds is 6. The standard InChI is InChI=1S/C12H18ClN3/c1-2-5-14-12-11(13)6-9(8-16-12)7-15-10-3-4-10/h6,8,10,15H,2-5,7H2,1H3,(H,14,16). The van der Waals surface area contributed by atoms with Crippen LogP contribution in [0.15, 0.2) is 12.3 Å². The highest BCUT2D eigenvalue weighted by Crippen LogP contribution is 2.22. The molecule has 0 saturated heterocycles. The first-order valence-corrected chi connectivity index (χ1v) is 6.29. The fraction of sp³-hybridized carbons (Fsp3) is 0.583. The third-order valence-corrected chi connectivity index (χ3v) is 2.90. The number of pyridine rings is 1. The SMILES string of the molecule is CCCNc1ncc(CNC2CC2)cc1Cl. The molecule has 0 aromatic carbocycles. The molecule has 1 aliphatic carbocycles. The van der Waals surface area contributed by atoms with Crippen molar-refractivity contribution in [2.45, 2.75) is 38.8 Å². The van der Waals surface area contributed by atoms with Crippen LogP contribution in [0.4, 0.5) is 5.82 Å². The van der Waals surface area contributed by atoms with E-state index in [1.54, 1.807) is 0 Å². The van der Waals surface area contributed by atoms with Gasteiger partial charge in [0, 0.05) is 25.3 Å². The Morgan fingerprint density at radius 1 is 1.50 bits per heavy atom. The summed E-state index contributed by atoms with van der Waals surface area (Å²) in [5.74, 6) is 0.790. The van der Waals surface area contributed by atoms with Crippen molar-refractivity contribution in [2.24, 2.45) is 0 Å². The highest BCUT2D eigenvalue weighted by Gasteiger charge is 2.20. The molecule has 0 radical (unpaired) electrons. The van der Waals surface area contributed by atoms with Crippen molar-refractivity contribution in [2.75, 3.05) is 11.9 Å². The van der Waals surface area contributed by atoms with Crippen LogP contribution >= 0.6 is 11.6 Å². The van der Waals surface area contributed by atoms with Gasteiger partial charge in [-0.15, -0.1) is 0 Å². The molecule has 0 aliphatic heterocycles. The second-order valence-electron chi connectivity index (χ2n) is 4.26. The van der Waals surface area contributed by atoms with Gasteiger partial charge < -0.3 is 10.6 Å². The summed E-state index contributed by atoms with van der Waals surface area (Å²) in [5.41, 5.74) is 1.15. The molecule has 0 unspecified atom stereocenters. The molecule has 1 fully saturated rings. The maximum atomic E-state index is 6.14. The van der Waals surface area contributed by atoms with E-state index in [4.69, 9.17) is 11.6 Å². The average Bonchev–Trinajstić information content (AvgIpc) is 3.09. The van der Waals surface area contributed by atoms with Crippen LogP contribution in [-0.2, 0) is 6.54 Å². The van der Waals surface area contributed by atoms with Crippen molar-refractivity contribution in [3.8, 4) is 0 Å². The minimum atomic E-state index is 0.712. The van der Waals surface area contributed by atoms with Gasteiger partial charge in [-0.1, -0.05) is 18.5 Å². The number of aromatic nitrogens is 1. The highest BCUT2D eigenvalue weighted by atomic mass is 35.5. The second kappa shape index (κ2) is 5.51. The number of halogens is 1. The fourth-order valence-corrected chi connectivity index (χ4v) is 1.75. The normalized spacial score (nSPS) is 15.1. The van der Waals surface area contributed by atoms with Gasteiger partial charge in [0.2, 0.25) is 0 Å². The molecule has 0 spiro atoms. The van der Waals surface area contributed by atoms with Crippen molar-refractivity contribution in [3.63, 3.8) is 0 Å². The lowest BCUT2D eigenvalue weighted by Crippen LogP contribution is -2.15. The summed E-state index contributed by atoms with van der Waals surface area (Å²) in [6.07, 6.45) is 5.57. The Morgan fingerprint density at radius 3 is 2.94 bits per heavy atom. The predicted molar refractivity (Wildman–Crippen MR) is 67.9 cm³/mol. The first kappa shape index (κ1) is 11.7. The number of nitrogens with one attached hydrogen (secondary N) is 2. The quantitative estimate of drug-likeness (QED) is 0.802. The Balaban J connectivity index is 1.91. The van der Waals surface area contributed by atoms with Crippen LogP contribution in [0.1, 0.15) is 31.7 Å². The molecule has 1 aromatic rings. The lowest BCUT2D eigenvalue weighted by Gasteiger charge is -2.08. The molecule has 1 aliphatic rings. The van der Waals surface area contributed by atoms with Crippen LogP contribution in [0.25, 0.3) is 0 Å². The topological polar surface area (TPSA) is 37.0 Å². The molecule has 2 N–H and O–H groups in total. The summed E-state index contributed by atoms with van der Waals surface area (Å²) in [5, 5.41) is 7.36. The van der Waals surface area contributed by atoms with E-state index in [1.807, 2.05) is 12.3 Å².